The molecule has 0 heterocycles. The molecule has 0 aromatic heterocycles. The van der Waals surface area contributed by atoms with E-state index in [1.807, 2.05) is 6.07 Å². The fourth-order valence-corrected chi connectivity index (χ4v) is 3.31. The molecule has 3 aromatic carbocycles. The van der Waals surface area contributed by atoms with Crippen LogP contribution in [0.25, 0.3) is 11.1 Å². The third-order valence-electron chi connectivity index (χ3n) is 3.58. The lowest BCUT2D eigenvalue weighted by Gasteiger charge is -2.15. The Labute approximate surface area is 145 Å². The molecule has 0 amide bonds. The van der Waals surface area contributed by atoms with Gasteiger partial charge in [-0.05, 0) is 29.8 Å². The van der Waals surface area contributed by atoms with Crippen LogP contribution in [-0.4, -0.2) is 13.0 Å². The van der Waals surface area contributed by atoms with Gasteiger partial charge in [0.25, 0.3) is 10.1 Å². The van der Waals surface area contributed by atoms with Gasteiger partial charge in [0.15, 0.2) is 5.75 Å². The van der Waals surface area contributed by atoms with Crippen LogP contribution in [-0.2, 0) is 10.1 Å². The predicted octanol–water partition coefficient (Wildman–Crippen LogP) is 3.56. The highest BCUT2D eigenvalue weighted by atomic mass is 32.2. The molecule has 0 aliphatic heterocycles. The summed E-state index contributed by atoms with van der Waals surface area (Å²) in [5.74, 6) is 0.213. The Kier molecular flexibility index (Phi) is 4.35. The summed E-state index contributed by atoms with van der Waals surface area (Å²) in [5, 5.41) is 0. The first-order valence-corrected chi connectivity index (χ1v) is 8.79. The molecule has 0 fully saturated rings. The van der Waals surface area contributed by atoms with E-state index in [1.165, 1.54) is 18.2 Å². The van der Waals surface area contributed by atoms with Crippen LogP contribution >= 0.6 is 0 Å². The minimum atomic E-state index is -4.54. The number of ether oxygens (including phenoxy) is 1. The smallest absolute Gasteiger partial charge is 0.298 e. The minimum Gasteiger partial charge on any atom is -0.454 e. The van der Waals surface area contributed by atoms with Crippen LogP contribution in [0.15, 0.2) is 71.6 Å². The van der Waals surface area contributed by atoms with Crippen LogP contribution in [0.4, 0.5) is 11.4 Å². The van der Waals surface area contributed by atoms with E-state index in [0.717, 1.165) is 0 Å². The molecule has 0 atom stereocenters. The first-order chi connectivity index (χ1) is 11.9. The predicted molar refractivity (Wildman–Crippen MR) is 97.0 cm³/mol. The van der Waals surface area contributed by atoms with E-state index in [1.54, 1.807) is 42.5 Å². The highest BCUT2D eigenvalue weighted by Gasteiger charge is 2.23. The zero-order chi connectivity index (χ0) is 18.0. The molecule has 7 heteroatoms. The summed E-state index contributed by atoms with van der Waals surface area (Å²) in [4.78, 5) is -0.322. The van der Waals surface area contributed by atoms with Crippen molar-refractivity contribution in [3.8, 4) is 22.6 Å². The van der Waals surface area contributed by atoms with Crippen molar-refractivity contribution >= 4 is 21.5 Å². The highest BCUT2D eigenvalue weighted by molar-refractivity contribution is 7.86. The summed E-state index contributed by atoms with van der Waals surface area (Å²) >= 11 is 0. The van der Waals surface area contributed by atoms with Crippen molar-refractivity contribution in [1.82, 2.24) is 0 Å². The molecule has 0 saturated heterocycles. The van der Waals surface area contributed by atoms with E-state index in [2.05, 4.69) is 0 Å². The van der Waals surface area contributed by atoms with Crippen molar-refractivity contribution in [3.05, 3.63) is 66.7 Å². The van der Waals surface area contributed by atoms with E-state index in [-0.39, 0.29) is 22.1 Å². The summed E-state index contributed by atoms with van der Waals surface area (Å²) < 4.78 is 39.4. The van der Waals surface area contributed by atoms with Gasteiger partial charge in [0.2, 0.25) is 0 Å². The lowest BCUT2D eigenvalue weighted by atomic mass is 10.1. The van der Waals surface area contributed by atoms with Crippen LogP contribution < -0.4 is 16.2 Å². The van der Waals surface area contributed by atoms with E-state index in [4.69, 9.17) is 16.2 Å². The number of anilines is 2. The zero-order valence-corrected chi connectivity index (χ0v) is 13.9. The Morgan fingerprint density at radius 3 is 2.20 bits per heavy atom. The highest BCUT2D eigenvalue weighted by Crippen LogP contribution is 2.38. The van der Waals surface area contributed by atoms with Gasteiger partial charge in [-0.25, -0.2) is 0 Å². The van der Waals surface area contributed by atoms with Crippen molar-refractivity contribution in [3.63, 3.8) is 0 Å². The minimum absolute atomic E-state index is 0.0275. The van der Waals surface area contributed by atoms with Crippen LogP contribution in [0, 0.1) is 0 Å². The number of hydrogen-bond donors (Lipinski definition) is 3. The van der Waals surface area contributed by atoms with Gasteiger partial charge in [-0.15, -0.1) is 0 Å². The first-order valence-electron chi connectivity index (χ1n) is 7.35. The second-order valence-corrected chi connectivity index (χ2v) is 6.73. The van der Waals surface area contributed by atoms with E-state index >= 15 is 0 Å². The topological polar surface area (TPSA) is 116 Å². The fourth-order valence-electron chi connectivity index (χ4n) is 2.49. The Hall–Kier alpha value is -3.03. The van der Waals surface area contributed by atoms with Gasteiger partial charge in [0.1, 0.15) is 10.6 Å². The van der Waals surface area contributed by atoms with Gasteiger partial charge >= 0.3 is 0 Å². The van der Waals surface area contributed by atoms with Crippen molar-refractivity contribution < 1.29 is 17.7 Å². The van der Waals surface area contributed by atoms with Gasteiger partial charge in [-0.1, -0.05) is 42.5 Å². The average molecular weight is 356 g/mol. The molecule has 0 unspecified atom stereocenters. The van der Waals surface area contributed by atoms with Gasteiger partial charge in [-0.3, -0.25) is 4.55 Å². The Balaban J connectivity index is 2.17. The lowest BCUT2D eigenvalue weighted by molar-refractivity contribution is 0.452. The molecule has 25 heavy (non-hydrogen) atoms. The van der Waals surface area contributed by atoms with Crippen LogP contribution in [0.5, 0.6) is 11.5 Å². The summed E-state index contributed by atoms with van der Waals surface area (Å²) in [7, 11) is -4.54. The SMILES string of the molecule is Nc1ccc(Oc2cccc(-c3ccccc3)c2S(=O)(=O)O)c(N)c1. The van der Waals surface area contributed by atoms with Gasteiger partial charge in [0.05, 0.1) is 5.69 Å². The van der Waals surface area contributed by atoms with E-state index in [9.17, 15) is 13.0 Å². The summed E-state index contributed by atoms with van der Waals surface area (Å²) in [6.07, 6.45) is 0. The Morgan fingerprint density at radius 1 is 0.840 bits per heavy atom. The molecule has 0 aliphatic carbocycles. The van der Waals surface area contributed by atoms with Crippen molar-refractivity contribution in [2.24, 2.45) is 0 Å². The molecule has 0 radical (unpaired) electrons. The zero-order valence-electron chi connectivity index (χ0n) is 13.1. The molecule has 0 aliphatic rings. The normalized spacial score (nSPS) is 11.2. The average Bonchev–Trinajstić information content (AvgIpc) is 2.57. The second-order valence-electron chi connectivity index (χ2n) is 5.37. The molecule has 0 bridgehead atoms. The summed E-state index contributed by atoms with van der Waals surface area (Å²) in [6, 6.07) is 18.1. The van der Waals surface area contributed by atoms with Gasteiger partial charge in [-0.2, -0.15) is 8.42 Å². The monoisotopic (exact) mass is 356 g/mol. The molecule has 5 N–H and O–H groups in total. The fraction of sp³-hybridized carbons (Fsp3) is 0. The quantitative estimate of drug-likeness (QED) is 0.486. The maximum Gasteiger partial charge on any atom is 0.298 e. The number of benzene rings is 3. The number of nitrogens with two attached hydrogens (primary N) is 2. The molecule has 128 valence electrons. The maximum absolute atomic E-state index is 12.0. The molecular weight excluding hydrogens is 340 g/mol. The van der Waals surface area contributed by atoms with Crippen molar-refractivity contribution in [2.45, 2.75) is 4.90 Å². The lowest BCUT2D eigenvalue weighted by Crippen LogP contribution is -2.04. The maximum atomic E-state index is 12.0. The van der Waals surface area contributed by atoms with Crippen LogP contribution in [0.3, 0.4) is 0 Å². The summed E-state index contributed by atoms with van der Waals surface area (Å²) in [6.45, 7) is 0. The number of rotatable bonds is 4. The van der Waals surface area contributed by atoms with Gasteiger partial charge < -0.3 is 16.2 Å². The molecule has 3 rings (SSSR count). The Morgan fingerprint density at radius 2 is 1.56 bits per heavy atom. The molecule has 0 saturated carbocycles. The Bertz CT molecular complexity index is 1020. The second kappa shape index (κ2) is 6.46. The van der Waals surface area contributed by atoms with Crippen LogP contribution in [0.2, 0.25) is 0 Å². The third-order valence-corrected chi connectivity index (χ3v) is 4.51. The molecular formula is C18H16N2O4S. The molecule has 6 nitrogen and oxygen atoms in total. The number of hydrogen-bond acceptors (Lipinski definition) is 5. The number of nitrogen functional groups attached to an aromatic ring is 2. The van der Waals surface area contributed by atoms with Crippen molar-refractivity contribution in [1.29, 1.82) is 0 Å². The van der Waals surface area contributed by atoms with Gasteiger partial charge in [0, 0.05) is 11.3 Å². The largest absolute Gasteiger partial charge is 0.454 e. The van der Waals surface area contributed by atoms with Crippen molar-refractivity contribution in [2.75, 3.05) is 11.5 Å². The first kappa shape index (κ1) is 16.8. The van der Waals surface area contributed by atoms with E-state index in [0.29, 0.717) is 16.8 Å². The summed E-state index contributed by atoms with van der Waals surface area (Å²) in [5.41, 5.74) is 13.2. The van der Waals surface area contributed by atoms with E-state index < -0.39 is 10.1 Å². The molecule has 0 spiro atoms. The van der Waals surface area contributed by atoms with Crippen LogP contribution in [0.1, 0.15) is 0 Å². The standard InChI is InChI=1S/C18H16N2O4S/c19-13-9-10-16(15(20)11-13)24-17-8-4-7-14(18(17)25(21,22)23)12-5-2-1-3-6-12/h1-11H,19-20H2,(H,21,22,23). The third kappa shape index (κ3) is 3.57. The molecule has 3 aromatic rings.